The first-order valence-electron chi connectivity index (χ1n) is 17.2. The maximum atomic E-state index is 12.8. The molecule has 6 rings (SSSR count). The van der Waals surface area contributed by atoms with Crippen LogP contribution in [0, 0.1) is 6.92 Å². The number of aromatic nitrogens is 3. The topological polar surface area (TPSA) is 188 Å². The molecule has 4 amide bonds. The lowest BCUT2D eigenvalue weighted by atomic mass is 10.1. The molecule has 4 heterocycles. The van der Waals surface area contributed by atoms with E-state index in [0.717, 1.165) is 11.3 Å². The lowest BCUT2D eigenvalue weighted by molar-refractivity contribution is -0.121. The number of likely N-dealkylation sites (N-methyl/N-ethyl adjacent to an activating group) is 2. The zero-order valence-corrected chi connectivity index (χ0v) is 31.8. The summed E-state index contributed by atoms with van der Waals surface area (Å²) in [6, 6.07) is 14.7. The number of hydrogen-bond donors (Lipinski definition) is 2. The van der Waals surface area contributed by atoms with Crippen LogP contribution in [0.4, 0.5) is 21.0 Å². The molecule has 2 aromatic carbocycles. The standard InChI is InChI=1S/C20H23N3O4.C18H22N4O5/c1-20(2,3)27-19(25)22-15-12-26-17-9-8-13(14-7-5-6-10-21-14)11-16(17)23(4)18(15)24;1-10-19-15(21-27-10)11-6-7-14-13(8-11)22(5)16(23)12(9-25-14)20-17(24)26-18(2,3)4/h5-11,15H,12H2,1-4H3,(H,22,25);6-8,12H,9H2,1-5H3,(H,20,24)/t15-;12-/m00/s1. The van der Waals surface area contributed by atoms with Crippen LogP contribution in [0.1, 0.15) is 47.4 Å². The second kappa shape index (κ2) is 15.8. The molecular formula is C38H45N7O9. The molecule has 0 saturated carbocycles. The molecule has 2 atom stereocenters. The van der Waals surface area contributed by atoms with Crippen LogP contribution in [0.25, 0.3) is 22.6 Å². The molecule has 0 spiro atoms. The number of alkyl carbamates (subject to hydrolysis) is 2. The predicted octanol–water partition coefficient (Wildman–Crippen LogP) is 5.29. The van der Waals surface area contributed by atoms with Crippen LogP contribution in [-0.2, 0) is 19.1 Å². The quantitative estimate of drug-likeness (QED) is 0.275. The van der Waals surface area contributed by atoms with Crippen molar-refractivity contribution in [3.63, 3.8) is 0 Å². The summed E-state index contributed by atoms with van der Waals surface area (Å²) in [6.07, 6.45) is 0.386. The van der Waals surface area contributed by atoms with Crippen molar-refractivity contribution in [1.29, 1.82) is 0 Å². The maximum Gasteiger partial charge on any atom is 0.408 e. The van der Waals surface area contributed by atoms with Crippen LogP contribution in [0.3, 0.4) is 0 Å². The Balaban J connectivity index is 0.000000208. The van der Waals surface area contributed by atoms with Crippen molar-refractivity contribution in [2.24, 2.45) is 0 Å². The van der Waals surface area contributed by atoms with Gasteiger partial charge in [0, 0.05) is 38.3 Å². The zero-order chi connectivity index (χ0) is 39.4. The summed E-state index contributed by atoms with van der Waals surface area (Å²) >= 11 is 0. The lowest BCUT2D eigenvalue weighted by Gasteiger charge is -2.23. The van der Waals surface area contributed by atoms with Gasteiger partial charge in [-0.25, -0.2) is 9.59 Å². The molecule has 286 valence electrons. The van der Waals surface area contributed by atoms with Crippen LogP contribution in [0.15, 0.2) is 65.3 Å². The number of ether oxygens (including phenoxy) is 4. The van der Waals surface area contributed by atoms with E-state index in [1.807, 2.05) is 30.3 Å². The van der Waals surface area contributed by atoms with E-state index in [4.69, 9.17) is 23.5 Å². The van der Waals surface area contributed by atoms with Crippen molar-refractivity contribution in [3.05, 3.63) is 66.7 Å². The lowest BCUT2D eigenvalue weighted by Crippen LogP contribution is -2.50. The number of aryl methyl sites for hydroxylation is 1. The van der Waals surface area contributed by atoms with Gasteiger partial charge >= 0.3 is 12.2 Å². The largest absolute Gasteiger partial charge is 0.489 e. The van der Waals surface area contributed by atoms with Gasteiger partial charge in [0.25, 0.3) is 11.8 Å². The van der Waals surface area contributed by atoms with Gasteiger partial charge in [0.05, 0.1) is 17.1 Å². The van der Waals surface area contributed by atoms with E-state index in [-0.39, 0.29) is 25.0 Å². The van der Waals surface area contributed by atoms with Gasteiger partial charge in [-0.15, -0.1) is 0 Å². The summed E-state index contributed by atoms with van der Waals surface area (Å²) < 4.78 is 27.0. The number of benzene rings is 2. The van der Waals surface area contributed by atoms with E-state index in [9.17, 15) is 19.2 Å². The second-order valence-corrected chi connectivity index (χ2v) is 14.5. The van der Waals surface area contributed by atoms with Crippen LogP contribution < -0.4 is 29.9 Å². The SMILES string of the molecule is CN1C(=O)[C@@H](NC(=O)OC(C)(C)C)COc2ccc(-c3ccccn3)cc21.Cc1nc(-c2ccc3c(c2)N(C)C(=O)[C@@H](NC(=O)OC(C)(C)C)CO3)no1. The number of carbonyl (C=O) groups excluding carboxylic acids is 4. The number of hydrogen-bond acceptors (Lipinski definition) is 12. The molecule has 54 heavy (non-hydrogen) atoms. The monoisotopic (exact) mass is 743 g/mol. The van der Waals surface area contributed by atoms with Gasteiger partial charge in [-0.2, -0.15) is 4.98 Å². The van der Waals surface area contributed by atoms with Crippen molar-refractivity contribution in [2.45, 2.75) is 71.8 Å². The fourth-order valence-electron chi connectivity index (χ4n) is 5.35. The molecule has 16 heteroatoms. The van der Waals surface area contributed by atoms with Gasteiger partial charge in [-0.1, -0.05) is 11.2 Å². The Kier molecular flexibility index (Phi) is 11.4. The number of rotatable bonds is 4. The number of amides is 4. The maximum absolute atomic E-state index is 12.8. The average molecular weight is 744 g/mol. The van der Waals surface area contributed by atoms with Gasteiger partial charge in [0.1, 0.15) is 48.0 Å². The summed E-state index contributed by atoms with van der Waals surface area (Å²) in [4.78, 5) is 61.1. The normalized spacial score (nSPS) is 16.9. The summed E-state index contributed by atoms with van der Waals surface area (Å²) in [7, 11) is 3.27. The van der Waals surface area contributed by atoms with Gasteiger partial charge in [-0.05, 0) is 90.1 Å². The van der Waals surface area contributed by atoms with Gasteiger partial charge < -0.3 is 43.9 Å². The fraction of sp³-hybridized carbons (Fsp3) is 0.395. The molecule has 0 bridgehead atoms. The van der Waals surface area contributed by atoms with Crippen molar-refractivity contribution in [3.8, 4) is 34.1 Å². The summed E-state index contributed by atoms with van der Waals surface area (Å²) in [6.45, 7) is 12.3. The van der Waals surface area contributed by atoms with E-state index >= 15 is 0 Å². The van der Waals surface area contributed by atoms with E-state index in [0.29, 0.717) is 40.2 Å². The molecule has 0 aliphatic carbocycles. The molecule has 16 nitrogen and oxygen atoms in total. The third kappa shape index (κ3) is 9.81. The molecule has 0 unspecified atom stereocenters. The molecule has 2 aromatic heterocycles. The third-order valence-corrected chi connectivity index (χ3v) is 7.84. The van der Waals surface area contributed by atoms with Crippen molar-refractivity contribution >= 4 is 35.4 Å². The molecule has 0 saturated heterocycles. The van der Waals surface area contributed by atoms with Crippen molar-refractivity contribution in [1.82, 2.24) is 25.8 Å². The molecule has 0 radical (unpaired) electrons. The smallest absolute Gasteiger partial charge is 0.408 e. The van der Waals surface area contributed by atoms with Crippen LogP contribution in [0.5, 0.6) is 11.5 Å². The highest BCUT2D eigenvalue weighted by Gasteiger charge is 2.34. The Hall–Kier alpha value is -6.19. The zero-order valence-electron chi connectivity index (χ0n) is 31.8. The molecule has 4 aromatic rings. The molecular weight excluding hydrogens is 698 g/mol. The van der Waals surface area contributed by atoms with Crippen molar-refractivity contribution < 1.29 is 42.6 Å². The highest BCUT2D eigenvalue weighted by Crippen LogP contribution is 2.36. The van der Waals surface area contributed by atoms with E-state index in [2.05, 4.69) is 25.8 Å². The van der Waals surface area contributed by atoms with Gasteiger partial charge in [0.15, 0.2) is 0 Å². The Morgan fingerprint density at radius 3 is 1.70 bits per heavy atom. The van der Waals surface area contributed by atoms with E-state index in [1.54, 1.807) is 93.0 Å². The predicted molar refractivity (Wildman–Crippen MR) is 198 cm³/mol. The Morgan fingerprint density at radius 2 is 1.26 bits per heavy atom. The Labute approximate surface area is 313 Å². The molecule has 2 aliphatic heterocycles. The summed E-state index contributed by atoms with van der Waals surface area (Å²) in [5.41, 5.74) is 2.22. The fourth-order valence-corrected chi connectivity index (χ4v) is 5.35. The first-order chi connectivity index (χ1) is 25.4. The number of carbonyl (C=O) groups is 4. The minimum atomic E-state index is -0.867. The third-order valence-electron chi connectivity index (χ3n) is 7.84. The second-order valence-electron chi connectivity index (χ2n) is 14.5. The minimum absolute atomic E-state index is 0.00389. The highest BCUT2D eigenvalue weighted by molar-refractivity contribution is 6.01. The van der Waals surface area contributed by atoms with Crippen LogP contribution >= 0.6 is 0 Å². The summed E-state index contributed by atoms with van der Waals surface area (Å²) in [5.74, 6) is 1.35. The van der Waals surface area contributed by atoms with Gasteiger partial charge in [-0.3, -0.25) is 14.6 Å². The molecule has 2 N–H and O–H groups in total. The first kappa shape index (κ1) is 39.0. The molecule has 0 fully saturated rings. The number of anilines is 2. The molecule has 2 aliphatic rings. The van der Waals surface area contributed by atoms with E-state index in [1.165, 1.54) is 9.80 Å². The highest BCUT2D eigenvalue weighted by atomic mass is 16.6. The van der Waals surface area contributed by atoms with Gasteiger partial charge in [0.2, 0.25) is 11.7 Å². The van der Waals surface area contributed by atoms with E-state index < -0.39 is 35.5 Å². The summed E-state index contributed by atoms with van der Waals surface area (Å²) in [5, 5.41) is 9.04. The number of nitrogens with one attached hydrogen (secondary N) is 2. The number of fused-ring (bicyclic) bond motifs is 2. The number of pyridine rings is 1. The van der Waals surface area contributed by atoms with Crippen molar-refractivity contribution in [2.75, 3.05) is 37.1 Å². The van der Waals surface area contributed by atoms with Crippen LogP contribution in [0.2, 0.25) is 0 Å². The average Bonchev–Trinajstić information content (AvgIpc) is 3.46. The van der Waals surface area contributed by atoms with Crippen LogP contribution in [-0.4, -0.2) is 89.7 Å². The minimum Gasteiger partial charge on any atom is -0.489 e. The number of nitrogens with zero attached hydrogens (tertiary/aromatic N) is 5. The Bertz CT molecular complexity index is 2000. The first-order valence-corrected chi connectivity index (χ1v) is 17.2. The Morgan fingerprint density at radius 1 is 0.759 bits per heavy atom.